The van der Waals surface area contributed by atoms with Crippen LogP contribution < -0.4 is 0 Å². The van der Waals surface area contributed by atoms with Gasteiger partial charge >= 0.3 is 11.9 Å². The zero-order chi connectivity index (χ0) is 14.3. The Hall–Kier alpha value is -1.88. The van der Waals surface area contributed by atoms with Crippen molar-refractivity contribution in [2.45, 2.75) is 26.4 Å². The fraction of sp³-hybridized carbons (Fsp3) is 0.429. The Labute approximate surface area is 112 Å². The van der Waals surface area contributed by atoms with Crippen molar-refractivity contribution < 1.29 is 24.2 Å². The number of methoxy groups -OCH3 is 1. The molecule has 1 aromatic carbocycles. The molecule has 1 N–H and O–H groups in total. The van der Waals surface area contributed by atoms with E-state index >= 15 is 0 Å². The van der Waals surface area contributed by atoms with Crippen LogP contribution in [0.2, 0.25) is 0 Å². The highest BCUT2D eigenvalue weighted by molar-refractivity contribution is 5.91. The molecule has 0 aromatic heterocycles. The van der Waals surface area contributed by atoms with Gasteiger partial charge in [0.15, 0.2) is 0 Å². The lowest BCUT2D eigenvalue weighted by Crippen LogP contribution is -2.11. The molecule has 5 nitrogen and oxygen atoms in total. The van der Waals surface area contributed by atoms with Crippen molar-refractivity contribution in [3.63, 3.8) is 0 Å². The van der Waals surface area contributed by atoms with Crippen molar-refractivity contribution in [1.82, 2.24) is 0 Å². The first kappa shape index (κ1) is 15.2. The maximum Gasteiger partial charge on any atom is 0.338 e. The molecule has 0 bridgehead atoms. The Kier molecular flexibility index (Phi) is 6.02. The molecule has 0 aliphatic carbocycles. The molecule has 0 unspecified atom stereocenters. The van der Waals surface area contributed by atoms with E-state index in [4.69, 9.17) is 9.84 Å². The summed E-state index contributed by atoms with van der Waals surface area (Å²) in [5, 5.41) is 9.09. The quantitative estimate of drug-likeness (QED) is 0.789. The predicted octanol–water partition coefficient (Wildman–Crippen LogP) is 1.46. The monoisotopic (exact) mass is 266 g/mol. The number of carbonyl (C=O) groups is 2. The van der Waals surface area contributed by atoms with Gasteiger partial charge in [-0.2, -0.15) is 0 Å². The van der Waals surface area contributed by atoms with Gasteiger partial charge in [-0.15, -0.1) is 0 Å². The first-order chi connectivity index (χ1) is 9.12. The Morgan fingerprint density at radius 2 is 2.05 bits per heavy atom. The molecule has 0 spiro atoms. The molecular weight excluding hydrogens is 248 g/mol. The van der Waals surface area contributed by atoms with Crippen molar-refractivity contribution in [3.05, 3.63) is 34.9 Å². The van der Waals surface area contributed by atoms with E-state index in [0.29, 0.717) is 23.1 Å². The zero-order valence-corrected chi connectivity index (χ0v) is 11.1. The number of aliphatic hydroxyl groups is 1. The number of aryl methyl sites for hydroxylation is 1. The summed E-state index contributed by atoms with van der Waals surface area (Å²) >= 11 is 0. The lowest BCUT2D eigenvalue weighted by Gasteiger charge is -2.10. The molecule has 5 heteroatoms. The molecule has 0 heterocycles. The predicted molar refractivity (Wildman–Crippen MR) is 68.7 cm³/mol. The smallest absolute Gasteiger partial charge is 0.338 e. The van der Waals surface area contributed by atoms with Gasteiger partial charge < -0.3 is 14.6 Å². The molecule has 104 valence electrons. The largest absolute Gasteiger partial charge is 0.469 e. The van der Waals surface area contributed by atoms with Crippen LogP contribution in [0.15, 0.2) is 18.2 Å². The third-order valence-corrected chi connectivity index (χ3v) is 2.68. The second kappa shape index (κ2) is 7.53. The highest BCUT2D eigenvalue weighted by Crippen LogP contribution is 2.16. The average Bonchev–Trinajstić information content (AvgIpc) is 2.44. The summed E-state index contributed by atoms with van der Waals surface area (Å²) in [4.78, 5) is 23.0. The molecular formula is C14H18O5. The maximum atomic E-state index is 11.8. The van der Waals surface area contributed by atoms with E-state index in [1.165, 1.54) is 7.11 Å². The number of rotatable bonds is 6. The van der Waals surface area contributed by atoms with E-state index in [9.17, 15) is 9.59 Å². The minimum Gasteiger partial charge on any atom is -0.469 e. The Morgan fingerprint density at radius 1 is 1.32 bits per heavy atom. The molecule has 0 saturated heterocycles. The number of aliphatic hydroxyl groups excluding tert-OH is 1. The minimum atomic E-state index is -0.447. The Morgan fingerprint density at radius 3 is 2.63 bits per heavy atom. The van der Waals surface area contributed by atoms with Crippen molar-refractivity contribution in [2.24, 2.45) is 0 Å². The molecule has 0 amide bonds. The summed E-state index contributed by atoms with van der Waals surface area (Å²) in [5.74, 6) is -0.779. The molecule has 0 saturated carbocycles. The van der Waals surface area contributed by atoms with Gasteiger partial charge in [-0.25, -0.2) is 4.79 Å². The third kappa shape index (κ3) is 4.37. The van der Waals surface area contributed by atoms with Gasteiger partial charge in [0.05, 0.1) is 25.9 Å². The average molecular weight is 266 g/mol. The maximum absolute atomic E-state index is 11.8. The first-order valence-corrected chi connectivity index (χ1v) is 6.09. The van der Waals surface area contributed by atoms with Gasteiger partial charge in [-0.05, 0) is 30.5 Å². The van der Waals surface area contributed by atoms with Gasteiger partial charge in [0, 0.05) is 6.42 Å². The molecule has 19 heavy (non-hydrogen) atoms. The second-order valence-electron chi connectivity index (χ2n) is 3.95. The summed E-state index contributed by atoms with van der Waals surface area (Å²) in [6.45, 7) is 1.85. The number of benzene rings is 1. The number of carbonyl (C=O) groups excluding carboxylic acids is 2. The Balaban J connectivity index is 2.94. The van der Waals surface area contributed by atoms with Crippen molar-refractivity contribution in [1.29, 1.82) is 0 Å². The molecule has 0 aliphatic heterocycles. The molecule has 1 aromatic rings. The summed E-state index contributed by atoms with van der Waals surface area (Å²) in [5.41, 5.74) is 1.73. The lowest BCUT2D eigenvalue weighted by atomic mass is 10.00. The number of hydrogen-bond acceptors (Lipinski definition) is 5. The van der Waals surface area contributed by atoms with Crippen LogP contribution >= 0.6 is 0 Å². The topological polar surface area (TPSA) is 72.8 Å². The van der Waals surface area contributed by atoms with Gasteiger partial charge in [-0.3, -0.25) is 4.79 Å². The number of ether oxygens (including phenoxy) is 2. The van der Waals surface area contributed by atoms with E-state index in [1.54, 1.807) is 25.1 Å². The second-order valence-corrected chi connectivity index (χ2v) is 3.95. The molecule has 0 atom stereocenters. The minimum absolute atomic E-state index is 0.149. The molecule has 0 aliphatic rings. The summed E-state index contributed by atoms with van der Waals surface area (Å²) in [7, 11) is 1.32. The normalized spacial score (nSPS) is 10.1. The van der Waals surface area contributed by atoms with Gasteiger partial charge in [0.2, 0.25) is 0 Å². The van der Waals surface area contributed by atoms with E-state index in [0.717, 1.165) is 0 Å². The van der Waals surface area contributed by atoms with Gasteiger partial charge in [-0.1, -0.05) is 12.1 Å². The van der Waals surface area contributed by atoms with Gasteiger partial charge in [0.25, 0.3) is 0 Å². The van der Waals surface area contributed by atoms with Crippen LogP contribution in [0.3, 0.4) is 0 Å². The van der Waals surface area contributed by atoms with E-state index < -0.39 is 5.97 Å². The molecule has 0 fully saturated rings. The fourth-order valence-corrected chi connectivity index (χ4v) is 1.68. The van der Waals surface area contributed by atoms with Crippen LogP contribution in [0.4, 0.5) is 0 Å². The van der Waals surface area contributed by atoms with Crippen LogP contribution in [0.5, 0.6) is 0 Å². The SMILES string of the molecule is CCOC(=O)c1cc(CO)ccc1CCC(=O)OC. The molecule has 0 radical (unpaired) electrons. The van der Waals surface area contributed by atoms with E-state index in [2.05, 4.69) is 4.74 Å². The zero-order valence-electron chi connectivity index (χ0n) is 11.1. The Bertz CT molecular complexity index is 453. The summed E-state index contributed by atoms with van der Waals surface area (Å²) in [6.07, 6.45) is 0.591. The highest BCUT2D eigenvalue weighted by Gasteiger charge is 2.14. The van der Waals surface area contributed by atoms with E-state index in [-0.39, 0.29) is 25.6 Å². The van der Waals surface area contributed by atoms with Gasteiger partial charge in [0.1, 0.15) is 0 Å². The van der Waals surface area contributed by atoms with Crippen LogP contribution in [0, 0.1) is 0 Å². The summed E-state index contributed by atoms with van der Waals surface area (Å²) < 4.78 is 9.53. The number of hydrogen-bond donors (Lipinski definition) is 1. The van der Waals surface area contributed by atoms with Crippen LogP contribution in [-0.2, 0) is 27.3 Å². The number of esters is 2. The lowest BCUT2D eigenvalue weighted by molar-refractivity contribution is -0.140. The van der Waals surface area contributed by atoms with Crippen molar-refractivity contribution in [3.8, 4) is 0 Å². The highest BCUT2D eigenvalue weighted by atomic mass is 16.5. The van der Waals surface area contributed by atoms with Crippen molar-refractivity contribution >= 4 is 11.9 Å². The summed E-state index contributed by atoms with van der Waals surface area (Å²) in [6, 6.07) is 5.03. The van der Waals surface area contributed by atoms with Crippen molar-refractivity contribution in [2.75, 3.05) is 13.7 Å². The standard InChI is InChI=1S/C14H18O5/c1-3-19-14(17)12-8-10(9-15)4-5-11(12)6-7-13(16)18-2/h4-5,8,15H,3,6-7,9H2,1-2H3. The fourth-order valence-electron chi connectivity index (χ4n) is 1.68. The first-order valence-electron chi connectivity index (χ1n) is 6.09. The van der Waals surface area contributed by atoms with Crippen LogP contribution in [0.1, 0.15) is 34.8 Å². The van der Waals surface area contributed by atoms with Crippen LogP contribution in [-0.4, -0.2) is 30.8 Å². The third-order valence-electron chi connectivity index (χ3n) is 2.68. The van der Waals surface area contributed by atoms with E-state index in [1.807, 2.05) is 0 Å². The molecule has 1 rings (SSSR count). The van der Waals surface area contributed by atoms with Crippen LogP contribution in [0.25, 0.3) is 0 Å².